The van der Waals surface area contributed by atoms with Crippen molar-refractivity contribution < 1.29 is 9.53 Å². The van der Waals surface area contributed by atoms with E-state index < -0.39 is 5.91 Å². The molecule has 7 nitrogen and oxygen atoms in total. The maximum Gasteiger partial charge on any atom is 0.271 e. The summed E-state index contributed by atoms with van der Waals surface area (Å²) >= 11 is 0. The van der Waals surface area contributed by atoms with Crippen LogP contribution in [0, 0.1) is 0 Å². The van der Waals surface area contributed by atoms with Crippen LogP contribution in [0.25, 0.3) is 0 Å². The van der Waals surface area contributed by atoms with E-state index in [9.17, 15) is 4.79 Å². The fourth-order valence-corrected chi connectivity index (χ4v) is 2.47. The monoisotopic (exact) mass is 279 g/mol. The molecule has 1 amide bonds. The van der Waals surface area contributed by atoms with Crippen molar-refractivity contribution in [2.45, 2.75) is 51.4 Å². The number of aliphatic imine (C=N–C) groups is 1. The molecule has 7 heteroatoms. The molecule has 0 bridgehead atoms. The number of hydrogen-bond acceptors (Lipinski definition) is 4. The smallest absolute Gasteiger partial charge is 0.271 e. The summed E-state index contributed by atoms with van der Waals surface area (Å²) < 4.78 is 7.72. The number of ether oxygens (including phenoxy) is 1. The van der Waals surface area contributed by atoms with Crippen LogP contribution >= 0.6 is 0 Å². The molecule has 2 unspecified atom stereocenters. The van der Waals surface area contributed by atoms with Crippen LogP contribution < -0.4 is 11.5 Å². The SMILES string of the molecule is CCCCC1CCC(n2cnc(C(N)=O)c2/N=C\N)O1. The first kappa shape index (κ1) is 14.5. The van der Waals surface area contributed by atoms with Crippen molar-refractivity contribution in [2.24, 2.45) is 16.5 Å². The molecule has 0 saturated carbocycles. The molecule has 2 heterocycles. The summed E-state index contributed by atoms with van der Waals surface area (Å²) in [5.41, 5.74) is 10.7. The predicted octanol–water partition coefficient (Wildman–Crippen LogP) is 1.47. The Hall–Kier alpha value is -1.89. The molecule has 4 N–H and O–H groups in total. The Morgan fingerprint density at radius 2 is 2.45 bits per heavy atom. The molecule has 1 aromatic rings. The number of carbonyl (C=O) groups is 1. The van der Waals surface area contributed by atoms with Gasteiger partial charge in [0.25, 0.3) is 5.91 Å². The molecule has 110 valence electrons. The van der Waals surface area contributed by atoms with Crippen molar-refractivity contribution in [3.63, 3.8) is 0 Å². The summed E-state index contributed by atoms with van der Waals surface area (Å²) in [4.78, 5) is 19.3. The van der Waals surface area contributed by atoms with Gasteiger partial charge in [-0.05, 0) is 19.3 Å². The van der Waals surface area contributed by atoms with Crippen LogP contribution in [-0.4, -0.2) is 27.9 Å². The number of nitrogens with zero attached hydrogens (tertiary/aromatic N) is 3. The van der Waals surface area contributed by atoms with Crippen molar-refractivity contribution >= 4 is 18.1 Å². The van der Waals surface area contributed by atoms with E-state index in [-0.39, 0.29) is 18.0 Å². The maximum atomic E-state index is 11.3. The van der Waals surface area contributed by atoms with Gasteiger partial charge in [0.1, 0.15) is 6.23 Å². The van der Waals surface area contributed by atoms with Crippen molar-refractivity contribution in [1.29, 1.82) is 0 Å². The first-order chi connectivity index (χ1) is 9.67. The highest BCUT2D eigenvalue weighted by molar-refractivity contribution is 5.95. The fraction of sp³-hybridized carbons (Fsp3) is 0.615. The Balaban J connectivity index is 2.15. The maximum absolute atomic E-state index is 11.3. The Bertz CT molecular complexity index is 497. The topological polar surface area (TPSA) is 109 Å². The number of carbonyl (C=O) groups excluding carboxylic acids is 1. The molecular weight excluding hydrogens is 258 g/mol. The van der Waals surface area contributed by atoms with Gasteiger partial charge in [0.2, 0.25) is 0 Å². The molecule has 0 aromatic carbocycles. The summed E-state index contributed by atoms with van der Waals surface area (Å²) in [6, 6.07) is 0. The molecule has 2 rings (SSSR count). The van der Waals surface area contributed by atoms with E-state index in [4.69, 9.17) is 16.2 Å². The third kappa shape index (κ3) is 2.98. The number of aromatic nitrogens is 2. The fourth-order valence-electron chi connectivity index (χ4n) is 2.47. The highest BCUT2D eigenvalue weighted by Crippen LogP contribution is 2.34. The Morgan fingerprint density at radius 1 is 1.65 bits per heavy atom. The number of hydrogen-bond donors (Lipinski definition) is 2. The van der Waals surface area contributed by atoms with Crippen molar-refractivity contribution in [1.82, 2.24) is 9.55 Å². The normalized spacial score (nSPS) is 22.6. The third-order valence-electron chi connectivity index (χ3n) is 3.47. The minimum absolute atomic E-state index is 0.118. The Labute approximate surface area is 118 Å². The van der Waals surface area contributed by atoms with Gasteiger partial charge in [-0.3, -0.25) is 9.36 Å². The van der Waals surface area contributed by atoms with Crippen LogP contribution in [-0.2, 0) is 4.74 Å². The van der Waals surface area contributed by atoms with Crippen LogP contribution in [0.2, 0.25) is 0 Å². The number of amides is 1. The van der Waals surface area contributed by atoms with E-state index in [1.54, 1.807) is 4.57 Å². The van der Waals surface area contributed by atoms with Gasteiger partial charge < -0.3 is 16.2 Å². The average Bonchev–Trinajstić information content (AvgIpc) is 3.03. The zero-order chi connectivity index (χ0) is 14.5. The summed E-state index contributed by atoms with van der Waals surface area (Å²) in [6.45, 7) is 2.16. The van der Waals surface area contributed by atoms with Crippen LogP contribution in [0.3, 0.4) is 0 Å². The molecule has 1 aliphatic rings. The zero-order valence-corrected chi connectivity index (χ0v) is 11.7. The Morgan fingerprint density at radius 3 is 3.10 bits per heavy atom. The van der Waals surface area contributed by atoms with Gasteiger partial charge in [0.05, 0.1) is 18.8 Å². The predicted molar refractivity (Wildman–Crippen MR) is 75.8 cm³/mol. The molecule has 0 radical (unpaired) electrons. The number of rotatable bonds is 6. The van der Waals surface area contributed by atoms with Crippen LogP contribution in [0.1, 0.15) is 55.7 Å². The van der Waals surface area contributed by atoms with Crippen LogP contribution in [0.15, 0.2) is 11.3 Å². The number of unbranched alkanes of at least 4 members (excludes halogenated alkanes) is 1. The zero-order valence-electron chi connectivity index (χ0n) is 11.7. The van der Waals surface area contributed by atoms with E-state index in [2.05, 4.69) is 16.9 Å². The van der Waals surface area contributed by atoms with Gasteiger partial charge in [-0.25, -0.2) is 9.98 Å². The van der Waals surface area contributed by atoms with Gasteiger partial charge in [-0.2, -0.15) is 0 Å². The number of imidazole rings is 1. The average molecular weight is 279 g/mol. The van der Waals surface area contributed by atoms with E-state index in [0.29, 0.717) is 5.82 Å². The first-order valence-corrected chi connectivity index (χ1v) is 6.93. The second-order valence-electron chi connectivity index (χ2n) is 4.90. The van der Waals surface area contributed by atoms with E-state index in [1.165, 1.54) is 6.33 Å². The third-order valence-corrected chi connectivity index (χ3v) is 3.47. The number of primary amides is 1. The second-order valence-corrected chi connectivity index (χ2v) is 4.90. The lowest BCUT2D eigenvalue weighted by molar-refractivity contribution is -0.00121. The molecular formula is C13H21N5O2. The van der Waals surface area contributed by atoms with Crippen molar-refractivity contribution in [3.05, 3.63) is 12.0 Å². The minimum Gasteiger partial charge on any atom is -0.390 e. The van der Waals surface area contributed by atoms with Gasteiger partial charge >= 0.3 is 0 Å². The molecule has 1 saturated heterocycles. The molecule has 0 aliphatic carbocycles. The summed E-state index contributed by atoms with van der Waals surface area (Å²) in [7, 11) is 0. The van der Waals surface area contributed by atoms with E-state index in [0.717, 1.165) is 38.4 Å². The molecule has 2 atom stereocenters. The lowest BCUT2D eigenvalue weighted by Crippen LogP contribution is -2.14. The second kappa shape index (κ2) is 6.51. The van der Waals surface area contributed by atoms with Gasteiger partial charge in [0.15, 0.2) is 11.5 Å². The summed E-state index contributed by atoms with van der Waals surface area (Å²) in [6.07, 6.45) is 8.01. The Kier molecular flexibility index (Phi) is 4.73. The molecule has 1 aromatic heterocycles. The molecule has 1 fully saturated rings. The highest BCUT2D eigenvalue weighted by atomic mass is 16.5. The lowest BCUT2D eigenvalue weighted by Gasteiger charge is -2.15. The van der Waals surface area contributed by atoms with E-state index >= 15 is 0 Å². The van der Waals surface area contributed by atoms with Crippen LogP contribution in [0.5, 0.6) is 0 Å². The summed E-state index contributed by atoms with van der Waals surface area (Å²) in [5, 5.41) is 0. The first-order valence-electron chi connectivity index (χ1n) is 6.93. The highest BCUT2D eigenvalue weighted by Gasteiger charge is 2.29. The molecule has 1 aliphatic heterocycles. The van der Waals surface area contributed by atoms with Gasteiger partial charge in [-0.15, -0.1) is 0 Å². The minimum atomic E-state index is -0.620. The van der Waals surface area contributed by atoms with Gasteiger partial charge in [0, 0.05) is 0 Å². The molecule has 20 heavy (non-hydrogen) atoms. The quantitative estimate of drug-likeness (QED) is 0.607. The largest absolute Gasteiger partial charge is 0.390 e. The summed E-state index contributed by atoms with van der Waals surface area (Å²) in [5.74, 6) is -0.258. The van der Waals surface area contributed by atoms with Crippen molar-refractivity contribution in [2.75, 3.05) is 0 Å². The molecule has 0 spiro atoms. The van der Waals surface area contributed by atoms with Crippen molar-refractivity contribution in [3.8, 4) is 0 Å². The van der Waals surface area contributed by atoms with Crippen LogP contribution in [0.4, 0.5) is 5.82 Å². The van der Waals surface area contributed by atoms with E-state index in [1.807, 2.05) is 0 Å². The lowest BCUT2D eigenvalue weighted by atomic mass is 10.1. The number of nitrogens with two attached hydrogens (primary N) is 2. The van der Waals surface area contributed by atoms with Gasteiger partial charge in [-0.1, -0.05) is 19.8 Å². The standard InChI is InChI=1S/C13H21N5O2/c1-2-3-4-9-5-6-10(20-9)18-8-17-11(12(15)19)13(18)16-7-14/h7-10H,2-6H2,1H3,(H2,14,16)(H2,15,19).